The third-order valence-electron chi connectivity index (χ3n) is 3.62. The SMILES string of the molecule is Cc1cc(C)c(NCCN2CCNCC2)c(C)c1. The van der Waals surface area contributed by atoms with Crippen LogP contribution in [0.2, 0.25) is 0 Å². The minimum absolute atomic E-state index is 1.03. The molecular weight excluding hydrogens is 222 g/mol. The summed E-state index contributed by atoms with van der Waals surface area (Å²) in [5.41, 5.74) is 5.37. The summed E-state index contributed by atoms with van der Waals surface area (Å²) in [6.45, 7) is 13.3. The van der Waals surface area contributed by atoms with Crippen LogP contribution in [0.4, 0.5) is 5.69 Å². The Hall–Kier alpha value is -1.06. The van der Waals surface area contributed by atoms with Gasteiger partial charge in [0.2, 0.25) is 0 Å². The molecule has 2 rings (SSSR count). The molecule has 0 spiro atoms. The fraction of sp³-hybridized carbons (Fsp3) is 0.600. The van der Waals surface area contributed by atoms with Gasteiger partial charge in [0.25, 0.3) is 0 Å². The Balaban J connectivity index is 1.86. The van der Waals surface area contributed by atoms with Crippen LogP contribution in [0.1, 0.15) is 16.7 Å². The molecule has 1 saturated heterocycles. The summed E-state index contributed by atoms with van der Waals surface area (Å²) in [6.07, 6.45) is 0. The van der Waals surface area contributed by atoms with E-state index in [9.17, 15) is 0 Å². The molecule has 0 amide bonds. The lowest BCUT2D eigenvalue weighted by atomic mass is 10.1. The Kier molecular flexibility index (Phi) is 4.61. The van der Waals surface area contributed by atoms with Crippen molar-refractivity contribution in [3.05, 3.63) is 28.8 Å². The zero-order valence-electron chi connectivity index (χ0n) is 11.8. The van der Waals surface area contributed by atoms with Crippen LogP contribution in [0.15, 0.2) is 12.1 Å². The van der Waals surface area contributed by atoms with Crippen LogP contribution in [0.5, 0.6) is 0 Å². The summed E-state index contributed by atoms with van der Waals surface area (Å²) >= 11 is 0. The maximum absolute atomic E-state index is 3.59. The van der Waals surface area contributed by atoms with E-state index >= 15 is 0 Å². The number of benzene rings is 1. The molecule has 0 atom stereocenters. The van der Waals surface area contributed by atoms with Gasteiger partial charge in [0, 0.05) is 45.0 Å². The van der Waals surface area contributed by atoms with Crippen LogP contribution in [-0.4, -0.2) is 44.2 Å². The highest BCUT2D eigenvalue weighted by atomic mass is 15.2. The van der Waals surface area contributed by atoms with Gasteiger partial charge in [-0.05, 0) is 31.9 Å². The Morgan fingerprint density at radius 1 is 1.11 bits per heavy atom. The average molecular weight is 247 g/mol. The first-order chi connectivity index (χ1) is 8.66. The summed E-state index contributed by atoms with van der Waals surface area (Å²) in [6, 6.07) is 4.50. The van der Waals surface area contributed by atoms with Crippen molar-refractivity contribution < 1.29 is 0 Å². The maximum atomic E-state index is 3.59. The molecule has 0 saturated carbocycles. The number of hydrogen-bond acceptors (Lipinski definition) is 3. The third-order valence-corrected chi connectivity index (χ3v) is 3.62. The predicted octanol–water partition coefficient (Wildman–Crippen LogP) is 1.93. The molecule has 1 aromatic rings. The monoisotopic (exact) mass is 247 g/mol. The number of piperazine rings is 1. The molecular formula is C15H25N3. The van der Waals surface area contributed by atoms with Gasteiger partial charge in [0.05, 0.1) is 0 Å². The Bertz CT molecular complexity index is 372. The number of nitrogens with one attached hydrogen (secondary N) is 2. The molecule has 1 aromatic carbocycles. The highest BCUT2D eigenvalue weighted by Gasteiger charge is 2.09. The number of aryl methyl sites for hydroxylation is 3. The van der Waals surface area contributed by atoms with Crippen molar-refractivity contribution in [3.8, 4) is 0 Å². The van der Waals surface area contributed by atoms with E-state index in [4.69, 9.17) is 0 Å². The van der Waals surface area contributed by atoms with Crippen LogP contribution in [0, 0.1) is 20.8 Å². The quantitative estimate of drug-likeness (QED) is 0.851. The molecule has 1 aliphatic heterocycles. The molecule has 0 bridgehead atoms. The van der Waals surface area contributed by atoms with Crippen LogP contribution in [0.3, 0.4) is 0 Å². The molecule has 1 heterocycles. The fourth-order valence-corrected chi connectivity index (χ4v) is 2.73. The van der Waals surface area contributed by atoms with Gasteiger partial charge >= 0.3 is 0 Å². The summed E-state index contributed by atoms with van der Waals surface area (Å²) in [5, 5.41) is 6.98. The smallest absolute Gasteiger partial charge is 0.0400 e. The molecule has 18 heavy (non-hydrogen) atoms. The van der Waals surface area contributed by atoms with Crippen molar-refractivity contribution in [3.63, 3.8) is 0 Å². The minimum Gasteiger partial charge on any atom is -0.383 e. The van der Waals surface area contributed by atoms with Crippen molar-refractivity contribution in [2.75, 3.05) is 44.6 Å². The van der Waals surface area contributed by atoms with Crippen LogP contribution in [0.25, 0.3) is 0 Å². The molecule has 0 aromatic heterocycles. The zero-order chi connectivity index (χ0) is 13.0. The van der Waals surface area contributed by atoms with Crippen molar-refractivity contribution in [1.29, 1.82) is 0 Å². The van der Waals surface area contributed by atoms with E-state index in [0.717, 1.165) is 26.2 Å². The first-order valence-corrected chi connectivity index (χ1v) is 6.91. The standard InChI is InChI=1S/C15H25N3/c1-12-10-13(2)15(14(3)11-12)17-6-9-18-7-4-16-5-8-18/h10-11,16-17H,4-9H2,1-3H3. The third kappa shape index (κ3) is 3.47. The van der Waals surface area contributed by atoms with Gasteiger partial charge in [-0.25, -0.2) is 0 Å². The summed E-state index contributed by atoms with van der Waals surface area (Å²) in [5.74, 6) is 0. The lowest BCUT2D eigenvalue weighted by Gasteiger charge is -2.27. The van der Waals surface area contributed by atoms with E-state index in [1.807, 2.05) is 0 Å². The molecule has 2 N–H and O–H groups in total. The molecule has 0 aliphatic carbocycles. The van der Waals surface area contributed by atoms with E-state index < -0.39 is 0 Å². The molecule has 3 heteroatoms. The van der Waals surface area contributed by atoms with E-state index in [-0.39, 0.29) is 0 Å². The second kappa shape index (κ2) is 6.21. The first-order valence-electron chi connectivity index (χ1n) is 6.91. The Labute approximate surface area is 111 Å². The highest BCUT2D eigenvalue weighted by Crippen LogP contribution is 2.21. The fourth-order valence-electron chi connectivity index (χ4n) is 2.73. The number of anilines is 1. The predicted molar refractivity (Wildman–Crippen MR) is 78.5 cm³/mol. The van der Waals surface area contributed by atoms with Crippen LogP contribution in [-0.2, 0) is 0 Å². The second-order valence-electron chi connectivity index (χ2n) is 5.29. The highest BCUT2D eigenvalue weighted by molar-refractivity contribution is 5.58. The largest absolute Gasteiger partial charge is 0.383 e. The molecule has 1 aliphatic rings. The van der Waals surface area contributed by atoms with Gasteiger partial charge in [-0.15, -0.1) is 0 Å². The number of nitrogens with zero attached hydrogens (tertiary/aromatic N) is 1. The van der Waals surface area contributed by atoms with E-state index in [1.165, 1.54) is 35.5 Å². The van der Waals surface area contributed by atoms with Gasteiger partial charge in [-0.2, -0.15) is 0 Å². The lowest BCUT2D eigenvalue weighted by molar-refractivity contribution is 0.249. The zero-order valence-corrected chi connectivity index (χ0v) is 11.8. The van der Waals surface area contributed by atoms with Gasteiger partial charge in [0.1, 0.15) is 0 Å². The van der Waals surface area contributed by atoms with Gasteiger partial charge in [-0.1, -0.05) is 17.7 Å². The van der Waals surface area contributed by atoms with Crippen molar-refractivity contribution in [1.82, 2.24) is 10.2 Å². The van der Waals surface area contributed by atoms with Gasteiger partial charge < -0.3 is 10.6 Å². The molecule has 3 nitrogen and oxygen atoms in total. The van der Waals surface area contributed by atoms with Crippen molar-refractivity contribution >= 4 is 5.69 Å². The molecule has 100 valence electrons. The molecule has 0 unspecified atom stereocenters. The second-order valence-corrected chi connectivity index (χ2v) is 5.29. The van der Waals surface area contributed by atoms with E-state index in [2.05, 4.69) is 48.4 Å². The van der Waals surface area contributed by atoms with Crippen molar-refractivity contribution in [2.45, 2.75) is 20.8 Å². The first kappa shape index (κ1) is 13.4. The normalized spacial score (nSPS) is 16.8. The van der Waals surface area contributed by atoms with Crippen LogP contribution < -0.4 is 10.6 Å². The summed E-state index contributed by atoms with van der Waals surface area (Å²) in [7, 11) is 0. The van der Waals surface area contributed by atoms with Gasteiger partial charge in [0.15, 0.2) is 0 Å². The molecule has 1 fully saturated rings. The summed E-state index contributed by atoms with van der Waals surface area (Å²) in [4.78, 5) is 2.52. The van der Waals surface area contributed by atoms with Gasteiger partial charge in [-0.3, -0.25) is 4.90 Å². The van der Waals surface area contributed by atoms with Crippen molar-refractivity contribution in [2.24, 2.45) is 0 Å². The average Bonchev–Trinajstić information content (AvgIpc) is 2.34. The number of hydrogen-bond donors (Lipinski definition) is 2. The minimum atomic E-state index is 1.03. The summed E-state index contributed by atoms with van der Waals surface area (Å²) < 4.78 is 0. The Morgan fingerprint density at radius 3 is 2.33 bits per heavy atom. The Morgan fingerprint density at radius 2 is 1.72 bits per heavy atom. The molecule has 0 radical (unpaired) electrons. The maximum Gasteiger partial charge on any atom is 0.0400 e. The lowest BCUT2D eigenvalue weighted by Crippen LogP contribution is -2.45. The number of rotatable bonds is 4. The van der Waals surface area contributed by atoms with E-state index in [0.29, 0.717) is 0 Å². The van der Waals surface area contributed by atoms with Crippen LogP contribution >= 0.6 is 0 Å². The van der Waals surface area contributed by atoms with E-state index in [1.54, 1.807) is 0 Å². The topological polar surface area (TPSA) is 27.3 Å².